The molecular formula is C14H7NO6. The molecule has 0 bridgehead atoms. The van der Waals surface area contributed by atoms with Crippen molar-refractivity contribution in [3.05, 3.63) is 62.7 Å². The third-order valence-electron chi connectivity index (χ3n) is 3.33. The fourth-order valence-corrected chi connectivity index (χ4v) is 2.42. The Morgan fingerprint density at radius 1 is 0.857 bits per heavy atom. The number of fused-ring (bicyclic) bond motifs is 2. The van der Waals surface area contributed by atoms with E-state index in [2.05, 4.69) is 0 Å². The van der Waals surface area contributed by atoms with Crippen molar-refractivity contribution in [1.82, 2.24) is 0 Å². The van der Waals surface area contributed by atoms with Crippen molar-refractivity contribution >= 4 is 17.3 Å². The number of hydrogen-bond acceptors (Lipinski definition) is 6. The molecule has 2 aromatic rings. The molecule has 0 amide bonds. The number of benzene rings is 2. The highest BCUT2D eigenvalue weighted by atomic mass is 16.6. The van der Waals surface area contributed by atoms with Crippen LogP contribution in [0.15, 0.2) is 30.3 Å². The van der Waals surface area contributed by atoms with Crippen LogP contribution in [0.2, 0.25) is 0 Å². The molecule has 0 aliphatic heterocycles. The molecule has 3 rings (SSSR count). The molecule has 0 atom stereocenters. The molecule has 21 heavy (non-hydrogen) atoms. The summed E-state index contributed by atoms with van der Waals surface area (Å²) in [5.74, 6) is -2.55. The van der Waals surface area contributed by atoms with Gasteiger partial charge in [-0.15, -0.1) is 0 Å². The first kappa shape index (κ1) is 12.8. The normalized spacial score (nSPS) is 12.8. The van der Waals surface area contributed by atoms with Gasteiger partial charge in [-0.05, 0) is 12.1 Å². The van der Waals surface area contributed by atoms with E-state index >= 15 is 0 Å². The van der Waals surface area contributed by atoms with E-state index in [0.29, 0.717) is 0 Å². The fraction of sp³-hybridized carbons (Fsp3) is 0. The van der Waals surface area contributed by atoms with Crippen LogP contribution in [0.4, 0.5) is 5.69 Å². The van der Waals surface area contributed by atoms with Gasteiger partial charge in [-0.1, -0.05) is 12.1 Å². The number of hydrogen-bond donors (Lipinski definition) is 2. The van der Waals surface area contributed by atoms with E-state index in [-0.39, 0.29) is 11.1 Å². The summed E-state index contributed by atoms with van der Waals surface area (Å²) in [6.07, 6.45) is 0. The lowest BCUT2D eigenvalue weighted by molar-refractivity contribution is -0.385. The standard InChI is InChI=1S/C14H7NO6/c16-8-3-1-2-6-10(8)14(19)12-9(17)5-4-7(15(20)21)11(12)13(6)18/h1-5,16-17H. The van der Waals surface area contributed by atoms with E-state index in [1.165, 1.54) is 18.2 Å². The highest BCUT2D eigenvalue weighted by Gasteiger charge is 2.39. The zero-order valence-electron chi connectivity index (χ0n) is 10.4. The average molecular weight is 285 g/mol. The molecule has 1 aliphatic carbocycles. The maximum absolute atomic E-state index is 12.4. The Hall–Kier alpha value is -3.22. The summed E-state index contributed by atoms with van der Waals surface area (Å²) < 4.78 is 0. The van der Waals surface area contributed by atoms with E-state index < -0.39 is 44.8 Å². The van der Waals surface area contributed by atoms with Crippen LogP contribution in [0.3, 0.4) is 0 Å². The van der Waals surface area contributed by atoms with Crippen LogP contribution in [0.5, 0.6) is 11.5 Å². The summed E-state index contributed by atoms with van der Waals surface area (Å²) in [6, 6.07) is 5.83. The molecule has 1 aliphatic rings. The maximum atomic E-state index is 12.4. The lowest BCUT2D eigenvalue weighted by atomic mass is 9.82. The Labute approximate surface area is 117 Å². The second kappa shape index (κ2) is 4.14. The Balaban J connectivity index is 2.43. The van der Waals surface area contributed by atoms with Crippen LogP contribution in [0.25, 0.3) is 0 Å². The third-order valence-corrected chi connectivity index (χ3v) is 3.33. The zero-order chi connectivity index (χ0) is 15.3. The van der Waals surface area contributed by atoms with Gasteiger partial charge in [-0.3, -0.25) is 19.7 Å². The first-order valence-electron chi connectivity index (χ1n) is 5.85. The second-order valence-electron chi connectivity index (χ2n) is 4.47. The number of carbonyl (C=O) groups excluding carboxylic acids is 2. The van der Waals surface area contributed by atoms with Crippen molar-refractivity contribution in [3.63, 3.8) is 0 Å². The van der Waals surface area contributed by atoms with E-state index in [9.17, 15) is 29.9 Å². The number of aromatic hydroxyl groups is 2. The molecule has 0 saturated carbocycles. The van der Waals surface area contributed by atoms with Gasteiger partial charge < -0.3 is 10.2 Å². The Kier molecular flexibility index (Phi) is 2.52. The number of carbonyl (C=O) groups is 2. The summed E-state index contributed by atoms with van der Waals surface area (Å²) in [5, 5.41) is 30.6. The average Bonchev–Trinajstić information content (AvgIpc) is 2.43. The highest BCUT2D eigenvalue weighted by Crippen LogP contribution is 2.40. The van der Waals surface area contributed by atoms with E-state index in [4.69, 9.17) is 0 Å². The summed E-state index contributed by atoms with van der Waals surface area (Å²) in [6.45, 7) is 0. The number of phenols is 2. The van der Waals surface area contributed by atoms with Crippen LogP contribution in [-0.2, 0) is 0 Å². The molecule has 0 fully saturated rings. The molecule has 7 nitrogen and oxygen atoms in total. The molecule has 7 heteroatoms. The third kappa shape index (κ3) is 1.61. The molecule has 0 aromatic heterocycles. The molecule has 0 saturated heterocycles. The number of ketones is 2. The van der Waals surface area contributed by atoms with Crippen LogP contribution in [0, 0.1) is 10.1 Å². The van der Waals surface area contributed by atoms with Gasteiger partial charge >= 0.3 is 0 Å². The van der Waals surface area contributed by atoms with Crippen molar-refractivity contribution in [2.75, 3.05) is 0 Å². The van der Waals surface area contributed by atoms with Crippen molar-refractivity contribution < 1.29 is 24.7 Å². The SMILES string of the molecule is O=C1c2c(O)cccc2C(=O)c2c([N+](=O)[O-])ccc(O)c21. The molecule has 0 spiro atoms. The lowest BCUT2D eigenvalue weighted by Gasteiger charge is -2.18. The number of rotatable bonds is 1. The van der Waals surface area contributed by atoms with Crippen LogP contribution in [-0.4, -0.2) is 26.7 Å². The summed E-state index contributed by atoms with van der Waals surface area (Å²) >= 11 is 0. The maximum Gasteiger partial charge on any atom is 0.281 e. The Morgan fingerprint density at radius 3 is 2.19 bits per heavy atom. The summed E-state index contributed by atoms with van der Waals surface area (Å²) in [7, 11) is 0. The number of nitro groups is 1. The molecule has 2 N–H and O–H groups in total. The Bertz CT molecular complexity index is 840. The van der Waals surface area contributed by atoms with E-state index in [1.807, 2.05) is 0 Å². The predicted molar refractivity (Wildman–Crippen MR) is 69.7 cm³/mol. The van der Waals surface area contributed by atoms with Gasteiger partial charge in [0.05, 0.1) is 16.1 Å². The van der Waals surface area contributed by atoms with E-state index in [1.54, 1.807) is 0 Å². The molecule has 0 radical (unpaired) electrons. The van der Waals surface area contributed by atoms with Crippen molar-refractivity contribution in [3.8, 4) is 11.5 Å². The largest absolute Gasteiger partial charge is 0.507 e. The molecule has 104 valence electrons. The highest BCUT2D eigenvalue weighted by molar-refractivity contribution is 6.31. The molecular weight excluding hydrogens is 278 g/mol. The van der Waals surface area contributed by atoms with Crippen LogP contribution >= 0.6 is 0 Å². The molecule has 2 aromatic carbocycles. The van der Waals surface area contributed by atoms with Gasteiger partial charge in [0, 0.05) is 11.6 Å². The monoisotopic (exact) mass is 285 g/mol. The van der Waals surface area contributed by atoms with Gasteiger partial charge in [0.15, 0.2) is 0 Å². The number of nitro benzene ring substituents is 1. The first-order valence-corrected chi connectivity index (χ1v) is 5.85. The van der Waals surface area contributed by atoms with Gasteiger partial charge in [0.25, 0.3) is 5.69 Å². The molecule has 0 heterocycles. The minimum absolute atomic E-state index is 0.124. The quantitative estimate of drug-likeness (QED) is 0.519. The van der Waals surface area contributed by atoms with Gasteiger partial charge in [0.2, 0.25) is 11.6 Å². The fourth-order valence-electron chi connectivity index (χ4n) is 2.42. The van der Waals surface area contributed by atoms with Crippen LogP contribution in [0.1, 0.15) is 31.8 Å². The lowest BCUT2D eigenvalue weighted by Crippen LogP contribution is -2.22. The first-order chi connectivity index (χ1) is 9.93. The van der Waals surface area contributed by atoms with Gasteiger partial charge in [-0.25, -0.2) is 0 Å². The zero-order valence-corrected chi connectivity index (χ0v) is 10.4. The van der Waals surface area contributed by atoms with Crippen molar-refractivity contribution in [2.24, 2.45) is 0 Å². The summed E-state index contributed by atoms with van der Waals surface area (Å²) in [4.78, 5) is 35.0. The number of phenolic OH excluding ortho intramolecular Hbond substituents is 2. The second-order valence-corrected chi connectivity index (χ2v) is 4.47. The number of nitrogens with zero attached hydrogens (tertiary/aromatic N) is 1. The Morgan fingerprint density at radius 2 is 1.52 bits per heavy atom. The van der Waals surface area contributed by atoms with Gasteiger partial charge in [0.1, 0.15) is 17.1 Å². The van der Waals surface area contributed by atoms with Crippen molar-refractivity contribution in [2.45, 2.75) is 0 Å². The topological polar surface area (TPSA) is 118 Å². The van der Waals surface area contributed by atoms with E-state index in [0.717, 1.165) is 12.1 Å². The van der Waals surface area contributed by atoms with Crippen molar-refractivity contribution in [1.29, 1.82) is 0 Å². The molecule has 0 unspecified atom stereocenters. The van der Waals surface area contributed by atoms with Gasteiger partial charge in [-0.2, -0.15) is 0 Å². The predicted octanol–water partition coefficient (Wildman–Crippen LogP) is 1.78. The smallest absolute Gasteiger partial charge is 0.281 e. The minimum Gasteiger partial charge on any atom is -0.507 e. The minimum atomic E-state index is -0.820. The van der Waals surface area contributed by atoms with Crippen LogP contribution < -0.4 is 0 Å². The summed E-state index contributed by atoms with van der Waals surface area (Å²) in [5.41, 5.74) is -1.85.